The molecule has 0 fully saturated rings. The highest BCUT2D eigenvalue weighted by Crippen LogP contribution is 2.40. The lowest BCUT2D eigenvalue weighted by atomic mass is 9.88. The van der Waals surface area contributed by atoms with Crippen LogP contribution in [0.4, 0.5) is 0 Å². The Labute approximate surface area is 214 Å². The van der Waals surface area contributed by atoms with Crippen LogP contribution in [0.25, 0.3) is 11.3 Å². The average Bonchev–Trinajstić information content (AvgIpc) is 3.31. The number of rotatable bonds is 10. The van der Waals surface area contributed by atoms with Gasteiger partial charge in [0, 0.05) is 41.3 Å². The van der Waals surface area contributed by atoms with Crippen LogP contribution < -0.4 is 9.47 Å². The van der Waals surface area contributed by atoms with Gasteiger partial charge in [0.25, 0.3) is 0 Å². The summed E-state index contributed by atoms with van der Waals surface area (Å²) in [6.45, 7) is 5.15. The van der Waals surface area contributed by atoms with Crippen molar-refractivity contribution in [1.82, 2.24) is 19.7 Å². The Morgan fingerprint density at radius 2 is 1.84 bits per heavy atom. The van der Waals surface area contributed by atoms with Gasteiger partial charge in [-0.1, -0.05) is 12.1 Å². The van der Waals surface area contributed by atoms with Crippen molar-refractivity contribution in [1.29, 1.82) is 0 Å². The SMILES string of the molecule is CCOc1cccc(C(OCC)n2nc(C(=O)O)c3c2-c2ccc(OCc4cncnc4)cc2CC3)c1. The lowest BCUT2D eigenvalue weighted by Crippen LogP contribution is -2.19. The number of benzene rings is 2. The van der Waals surface area contributed by atoms with E-state index in [1.54, 1.807) is 17.1 Å². The van der Waals surface area contributed by atoms with E-state index >= 15 is 0 Å². The van der Waals surface area contributed by atoms with Crippen LogP contribution in [0.2, 0.25) is 0 Å². The molecule has 5 rings (SSSR count). The van der Waals surface area contributed by atoms with Crippen molar-refractivity contribution in [2.75, 3.05) is 13.2 Å². The number of aryl methyl sites for hydroxylation is 1. The maximum absolute atomic E-state index is 12.2. The standard InChI is InChI=1S/C28H28N4O5/c1-3-35-21-7-5-6-20(13-21)27(36-4-2)32-26-23-11-9-22(37-16-18-14-29-17-30-15-18)12-19(23)8-10-24(26)25(31-32)28(33)34/h5-7,9,11-15,17,27H,3-4,8,10,16H2,1-2H3,(H,33,34). The van der Waals surface area contributed by atoms with E-state index in [9.17, 15) is 9.90 Å². The maximum Gasteiger partial charge on any atom is 0.356 e. The number of aromatic carboxylic acids is 1. The molecule has 9 nitrogen and oxygen atoms in total. The number of hydrogen-bond acceptors (Lipinski definition) is 7. The number of hydrogen-bond donors (Lipinski definition) is 1. The third-order valence-electron chi connectivity index (χ3n) is 6.21. The van der Waals surface area contributed by atoms with Gasteiger partial charge in [0.15, 0.2) is 11.9 Å². The molecule has 1 aliphatic rings. The van der Waals surface area contributed by atoms with Gasteiger partial charge in [-0.15, -0.1) is 0 Å². The topological polar surface area (TPSA) is 109 Å². The smallest absolute Gasteiger partial charge is 0.356 e. The molecule has 0 spiro atoms. The average molecular weight is 501 g/mol. The lowest BCUT2D eigenvalue weighted by molar-refractivity contribution is 0.0326. The fourth-order valence-corrected chi connectivity index (χ4v) is 4.65. The molecule has 190 valence electrons. The van der Waals surface area contributed by atoms with Crippen molar-refractivity contribution in [2.45, 2.75) is 39.5 Å². The first-order valence-electron chi connectivity index (χ1n) is 12.3. The van der Waals surface area contributed by atoms with Crippen LogP contribution in [0.5, 0.6) is 11.5 Å². The van der Waals surface area contributed by atoms with E-state index in [1.807, 2.05) is 56.3 Å². The number of aromatic nitrogens is 4. The molecule has 1 atom stereocenters. The van der Waals surface area contributed by atoms with Crippen LogP contribution in [-0.4, -0.2) is 44.0 Å². The number of carboxylic acids is 1. The Hall–Kier alpha value is -4.24. The summed E-state index contributed by atoms with van der Waals surface area (Å²) in [6.07, 6.45) is 5.54. The molecule has 37 heavy (non-hydrogen) atoms. The van der Waals surface area contributed by atoms with Crippen LogP contribution in [0, 0.1) is 0 Å². The van der Waals surface area contributed by atoms with E-state index in [1.165, 1.54) is 6.33 Å². The molecule has 2 aromatic carbocycles. The van der Waals surface area contributed by atoms with Gasteiger partial charge in [0.2, 0.25) is 0 Å². The van der Waals surface area contributed by atoms with Crippen molar-refractivity contribution in [3.63, 3.8) is 0 Å². The van der Waals surface area contributed by atoms with E-state index < -0.39 is 12.2 Å². The summed E-state index contributed by atoms with van der Waals surface area (Å²) in [4.78, 5) is 20.2. The second-order valence-electron chi connectivity index (χ2n) is 8.59. The predicted molar refractivity (Wildman–Crippen MR) is 136 cm³/mol. The summed E-state index contributed by atoms with van der Waals surface area (Å²) in [7, 11) is 0. The zero-order valence-electron chi connectivity index (χ0n) is 20.8. The summed E-state index contributed by atoms with van der Waals surface area (Å²) >= 11 is 0. The highest BCUT2D eigenvalue weighted by Gasteiger charge is 2.32. The Kier molecular flexibility index (Phi) is 7.14. The van der Waals surface area contributed by atoms with Crippen molar-refractivity contribution >= 4 is 5.97 Å². The van der Waals surface area contributed by atoms with Gasteiger partial charge in [-0.25, -0.2) is 19.4 Å². The van der Waals surface area contributed by atoms with Crippen molar-refractivity contribution < 1.29 is 24.1 Å². The molecule has 4 aromatic rings. The van der Waals surface area contributed by atoms with Gasteiger partial charge < -0.3 is 19.3 Å². The first-order chi connectivity index (χ1) is 18.1. The van der Waals surface area contributed by atoms with Crippen LogP contribution in [-0.2, 0) is 24.2 Å². The Balaban J connectivity index is 1.55. The first-order valence-corrected chi connectivity index (χ1v) is 12.3. The minimum Gasteiger partial charge on any atom is -0.494 e. The van der Waals surface area contributed by atoms with Gasteiger partial charge >= 0.3 is 5.97 Å². The second kappa shape index (κ2) is 10.8. The summed E-state index contributed by atoms with van der Waals surface area (Å²) in [5.41, 5.74) is 5.19. The molecular formula is C28H28N4O5. The fourth-order valence-electron chi connectivity index (χ4n) is 4.65. The normalized spacial score (nSPS) is 12.9. The minimum absolute atomic E-state index is 0.0516. The highest BCUT2D eigenvalue weighted by molar-refractivity contribution is 5.90. The number of fused-ring (bicyclic) bond motifs is 3. The van der Waals surface area contributed by atoms with Gasteiger partial charge in [0.05, 0.1) is 12.3 Å². The second-order valence-corrected chi connectivity index (χ2v) is 8.59. The van der Waals surface area contributed by atoms with E-state index in [4.69, 9.17) is 14.2 Å². The fraction of sp³-hybridized carbons (Fsp3) is 0.286. The highest BCUT2D eigenvalue weighted by atomic mass is 16.5. The largest absolute Gasteiger partial charge is 0.494 e. The molecule has 0 aliphatic heterocycles. The van der Waals surface area contributed by atoms with E-state index in [2.05, 4.69) is 15.1 Å². The molecule has 0 saturated heterocycles. The van der Waals surface area contributed by atoms with Crippen molar-refractivity contribution in [2.24, 2.45) is 0 Å². The first kappa shape index (κ1) is 24.5. The molecular weight excluding hydrogens is 472 g/mol. The van der Waals surface area contributed by atoms with Crippen molar-refractivity contribution in [3.05, 3.63) is 89.1 Å². The third kappa shape index (κ3) is 5.03. The van der Waals surface area contributed by atoms with Crippen LogP contribution in [0.15, 0.2) is 61.2 Å². The van der Waals surface area contributed by atoms with E-state index in [0.717, 1.165) is 39.4 Å². The minimum atomic E-state index is -1.05. The maximum atomic E-state index is 12.2. The third-order valence-corrected chi connectivity index (χ3v) is 6.21. The molecule has 0 saturated carbocycles. The van der Waals surface area contributed by atoms with Gasteiger partial charge in [0.1, 0.15) is 24.4 Å². The molecule has 0 radical (unpaired) electrons. The van der Waals surface area contributed by atoms with Crippen molar-refractivity contribution in [3.8, 4) is 22.8 Å². The van der Waals surface area contributed by atoms with E-state index in [-0.39, 0.29) is 5.69 Å². The zero-order valence-corrected chi connectivity index (χ0v) is 20.8. The summed E-state index contributed by atoms with van der Waals surface area (Å²) in [5, 5.41) is 14.5. The predicted octanol–water partition coefficient (Wildman–Crippen LogP) is 4.70. The molecule has 0 amide bonds. The summed E-state index contributed by atoms with van der Waals surface area (Å²) in [6, 6.07) is 13.5. The van der Waals surface area contributed by atoms with Gasteiger partial charge in [-0.3, -0.25) is 0 Å². The number of ether oxygens (including phenoxy) is 3. The monoisotopic (exact) mass is 500 g/mol. The number of carboxylic acid groups (broad SMARTS) is 1. The molecule has 0 bridgehead atoms. The van der Waals surface area contributed by atoms with Gasteiger partial charge in [-0.2, -0.15) is 5.10 Å². The zero-order chi connectivity index (χ0) is 25.8. The number of carbonyl (C=O) groups is 1. The molecule has 2 aromatic heterocycles. The molecule has 1 N–H and O–H groups in total. The Morgan fingerprint density at radius 3 is 2.59 bits per heavy atom. The quantitative estimate of drug-likeness (QED) is 0.334. The molecule has 1 aliphatic carbocycles. The molecule has 2 heterocycles. The molecule has 1 unspecified atom stereocenters. The van der Waals surface area contributed by atoms with Gasteiger partial charge in [-0.05, 0) is 62.6 Å². The number of nitrogens with zero attached hydrogens (tertiary/aromatic N) is 4. The van der Waals surface area contributed by atoms with Crippen LogP contribution >= 0.6 is 0 Å². The lowest BCUT2D eigenvalue weighted by Gasteiger charge is -2.24. The Morgan fingerprint density at radius 1 is 1.03 bits per heavy atom. The summed E-state index contributed by atoms with van der Waals surface area (Å²) in [5.74, 6) is 0.387. The van der Waals surface area contributed by atoms with Crippen LogP contribution in [0.3, 0.4) is 0 Å². The summed E-state index contributed by atoms with van der Waals surface area (Å²) < 4.78 is 19.5. The van der Waals surface area contributed by atoms with E-state index in [0.29, 0.717) is 38.2 Å². The van der Waals surface area contributed by atoms with Crippen LogP contribution in [0.1, 0.15) is 52.8 Å². The molecule has 9 heteroatoms. The Bertz CT molecular complexity index is 1400.